The van der Waals surface area contributed by atoms with Crippen molar-refractivity contribution in [1.82, 2.24) is 15.1 Å². The number of aryl methyl sites for hydroxylation is 1. The average molecular weight is 213 g/mol. The molecule has 1 aromatic heterocycles. The van der Waals surface area contributed by atoms with Crippen molar-refractivity contribution in [3.63, 3.8) is 0 Å². The van der Waals surface area contributed by atoms with Crippen LogP contribution in [0.1, 0.15) is 18.9 Å². The number of hydrogen-bond acceptors (Lipinski definition) is 3. The van der Waals surface area contributed by atoms with Gasteiger partial charge in [-0.15, -0.1) is 0 Å². The summed E-state index contributed by atoms with van der Waals surface area (Å²) in [5.74, 6) is 1.17. The van der Waals surface area contributed by atoms with Crippen LogP contribution in [0.25, 0.3) is 0 Å². The van der Waals surface area contributed by atoms with Gasteiger partial charge in [0.15, 0.2) is 0 Å². The summed E-state index contributed by atoms with van der Waals surface area (Å²) in [6.45, 7) is 5.19. The van der Waals surface area contributed by atoms with E-state index >= 15 is 0 Å². The molecular weight excluding hydrogens is 194 g/mol. The molecule has 3 nitrogen and oxygen atoms in total. The van der Waals surface area contributed by atoms with Crippen molar-refractivity contribution in [2.24, 2.45) is 0 Å². The number of rotatable bonds is 7. The van der Waals surface area contributed by atoms with Crippen molar-refractivity contribution >= 4 is 11.8 Å². The summed E-state index contributed by atoms with van der Waals surface area (Å²) in [6.07, 6.45) is 7.33. The van der Waals surface area contributed by atoms with Gasteiger partial charge in [-0.3, -0.25) is 4.68 Å². The fraction of sp³-hybridized carbons (Fsp3) is 0.700. The van der Waals surface area contributed by atoms with Crippen molar-refractivity contribution < 1.29 is 0 Å². The Morgan fingerprint density at radius 1 is 1.57 bits per heavy atom. The zero-order valence-electron chi connectivity index (χ0n) is 8.99. The fourth-order valence-electron chi connectivity index (χ4n) is 1.26. The number of nitrogens with zero attached hydrogens (tertiary/aromatic N) is 2. The molecule has 0 aliphatic heterocycles. The molecule has 0 fully saturated rings. The van der Waals surface area contributed by atoms with Gasteiger partial charge in [0.2, 0.25) is 0 Å². The van der Waals surface area contributed by atoms with E-state index < -0.39 is 0 Å². The van der Waals surface area contributed by atoms with Crippen molar-refractivity contribution in [2.75, 3.05) is 18.6 Å². The monoisotopic (exact) mass is 213 g/mol. The van der Waals surface area contributed by atoms with Crippen LogP contribution in [0, 0.1) is 0 Å². The molecule has 14 heavy (non-hydrogen) atoms. The molecule has 0 aliphatic rings. The third-order valence-corrected chi connectivity index (χ3v) is 2.56. The van der Waals surface area contributed by atoms with E-state index in [1.165, 1.54) is 11.3 Å². The standard InChI is InChI=1S/C10H19N3S/c1-3-5-13-9-10(8-12-13)7-11-4-6-14-2/h8-9,11H,3-7H2,1-2H3. The van der Waals surface area contributed by atoms with Crippen molar-refractivity contribution in [3.8, 4) is 0 Å². The molecule has 1 heterocycles. The molecule has 0 unspecified atom stereocenters. The smallest absolute Gasteiger partial charge is 0.0534 e. The summed E-state index contributed by atoms with van der Waals surface area (Å²) in [4.78, 5) is 0. The second kappa shape index (κ2) is 6.90. The maximum absolute atomic E-state index is 4.28. The Morgan fingerprint density at radius 3 is 3.14 bits per heavy atom. The lowest BCUT2D eigenvalue weighted by atomic mass is 10.3. The summed E-state index contributed by atoms with van der Waals surface area (Å²) in [5, 5.41) is 7.66. The summed E-state index contributed by atoms with van der Waals surface area (Å²) < 4.78 is 2.01. The van der Waals surface area contributed by atoms with E-state index in [1.54, 1.807) is 0 Å². The van der Waals surface area contributed by atoms with Crippen LogP contribution in [0.2, 0.25) is 0 Å². The molecule has 1 aromatic rings. The predicted octanol–water partition coefficient (Wildman–Crippen LogP) is 1.75. The molecule has 0 spiro atoms. The van der Waals surface area contributed by atoms with E-state index in [2.05, 4.69) is 29.8 Å². The number of nitrogens with one attached hydrogen (secondary N) is 1. The van der Waals surface area contributed by atoms with Crippen LogP contribution in [0.3, 0.4) is 0 Å². The minimum Gasteiger partial charge on any atom is -0.312 e. The first-order valence-electron chi connectivity index (χ1n) is 5.07. The zero-order valence-corrected chi connectivity index (χ0v) is 9.81. The SMILES string of the molecule is CCCn1cc(CNCCSC)cn1. The molecule has 0 amide bonds. The third-order valence-electron chi connectivity index (χ3n) is 1.95. The van der Waals surface area contributed by atoms with Crippen LogP contribution in [-0.2, 0) is 13.1 Å². The van der Waals surface area contributed by atoms with Gasteiger partial charge in [0.25, 0.3) is 0 Å². The Morgan fingerprint density at radius 2 is 2.43 bits per heavy atom. The minimum absolute atomic E-state index is 0.935. The molecule has 1 N–H and O–H groups in total. The largest absolute Gasteiger partial charge is 0.312 e. The van der Waals surface area contributed by atoms with E-state index in [4.69, 9.17) is 0 Å². The Hall–Kier alpha value is -0.480. The van der Waals surface area contributed by atoms with Gasteiger partial charge in [-0.2, -0.15) is 16.9 Å². The fourth-order valence-corrected chi connectivity index (χ4v) is 1.60. The van der Waals surface area contributed by atoms with Gasteiger partial charge in [-0.05, 0) is 12.7 Å². The van der Waals surface area contributed by atoms with Crippen LogP contribution in [-0.4, -0.2) is 28.3 Å². The molecule has 4 heteroatoms. The van der Waals surface area contributed by atoms with Crippen LogP contribution in [0.4, 0.5) is 0 Å². The van der Waals surface area contributed by atoms with Gasteiger partial charge in [0.1, 0.15) is 0 Å². The molecule has 0 radical (unpaired) electrons. The van der Waals surface area contributed by atoms with Gasteiger partial charge >= 0.3 is 0 Å². The molecule has 0 saturated heterocycles. The highest BCUT2D eigenvalue weighted by molar-refractivity contribution is 7.98. The Balaban J connectivity index is 2.22. The highest BCUT2D eigenvalue weighted by atomic mass is 32.2. The zero-order chi connectivity index (χ0) is 10.2. The van der Waals surface area contributed by atoms with Crippen LogP contribution >= 0.6 is 11.8 Å². The molecule has 0 aliphatic carbocycles. The first kappa shape index (κ1) is 11.6. The quantitative estimate of drug-likeness (QED) is 0.700. The maximum Gasteiger partial charge on any atom is 0.0534 e. The molecule has 0 bridgehead atoms. The van der Waals surface area contributed by atoms with Gasteiger partial charge in [-0.25, -0.2) is 0 Å². The predicted molar refractivity (Wildman–Crippen MR) is 62.6 cm³/mol. The first-order valence-corrected chi connectivity index (χ1v) is 6.47. The maximum atomic E-state index is 4.28. The van der Waals surface area contributed by atoms with Crippen LogP contribution < -0.4 is 5.32 Å². The molecule has 80 valence electrons. The molecular formula is C10H19N3S. The lowest BCUT2D eigenvalue weighted by Crippen LogP contribution is -2.15. The number of thioether (sulfide) groups is 1. The minimum atomic E-state index is 0.935. The summed E-state index contributed by atoms with van der Waals surface area (Å²) in [7, 11) is 0. The van der Waals surface area contributed by atoms with Crippen molar-refractivity contribution in [1.29, 1.82) is 0 Å². The summed E-state index contributed by atoms with van der Waals surface area (Å²) in [6, 6.07) is 0. The Kier molecular flexibility index (Phi) is 5.71. The highest BCUT2D eigenvalue weighted by Crippen LogP contribution is 1.98. The lowest BCUT2D eigenvalue weighted by molar-refractivity contribution is 0.601. The third kappa shape index (κ3) is 4.15. The first-order chi connectivity index (χ1) is 6.86. The van der Waals surface area contributed by atoms with Gasteiger partial charge in [0.05, 0.1) is 6.20 Å². The second-order valence-corrected chi connectivity index (χ2v) is 4.27. The lowest BCUT2D eigenvalue weighted by Gasteiger charge is -2.00. The van der Waals surface area contributed by atoms with Gasteiger partial charge in [0, 0.05) is 37.1 Å². The number of hydrogen-bond donors (Lipinski definition) is 1. The summed E-state index contributed by atoms with van der Waals surface area (Å²) in [5.41, 5.74) is 1.28. The van der Waals surface area contributed by atoms with Gasteiger partial charge < -0.3 is 5.32 Å². The average Bonchev–Trinajstić information content (AvgIpc) is 2.61. The molecule has 1 rings (SSSR count). The topological polar surface area (TPSA) is 29.9 Å². The molecule has 0 saturated carbocycles. The molecule has 0 aromatic carbocycles. The number of aromatic nitrogens is 2. The second-order valence-electron chi connectivity index (χ2n) is 3.28. The Labute approximate surface area is 90.3 Å². The van der Waals surface area contributed by atoms with Crippen molar-refractivity contribution in [3.05, 3.63) is 18.0 Å². The highest BCUT2D eigenvalue weighted by Gasteiger charge is 1.96. The molecule has 0 atom stereocenters. The van der Waals surface area contributed by atoms with E-state index in [0.717, 1.165) is 26.1 Å². The van der Waals surface area contributed by atoms with Crippen LogP contribution in [0.15, 0.2) is 12.4 Å². The van der Waals surface area contributed by atoms with Gasteiger partial charge in [-0.1, -0.05) is 6.92 Å². The summed E-state index contributed by atoms with van der Waals surface area (Å²) >= 11 is 1.87. The normalized spacial score (nSPS) is 10.7. The van der Waals surface area contributed by atoms with E-state index in [-0.39, 0.29) is 0 Å². The van der Waals surface area contributed by atoms with E-state index in [1.807, 2.05) is 22.6 Å². The Bertz CT molecular complexity index is 247. The van der Waals surface area contributed by atoms with Crippen LogP contribution in [0.5, 0.6) is 0 Å². The van der Waals surface area contributed by atoms with Crippen molar-refractivity contribution in [2.45, 2.75) is 26.4 Å². The van der Waals surface area contributed by atoms with E-state index in [9.17, 15) is 0 Å². The van der Waals surface area contributed by atoms with E-state index in [0.29, 0.717) is 0 Å².